The van der Waals surface area contributed by atoms with Crippen LogP contribution < -0.4 is 0 Å². The van der Waals surface area contributed by atoms with E-state index >= 15 is 0 Å². The molecule has 18 heavy (non-hydrogen) atoms. The maximum Gasteiger partial charge on any atom is 0.272 e. The number of aliphatic hydroxyl groups is 1. The molecule has 0 aromatic carbocycles. The van der Waals surface area contributed by atoms with Gasteiger partial charge in [0.15, 0.2) is 0 Å². The second-order valence-electron chi connectivity index (χ2n) is 5.12. The first-order valence-electron chi connectivity index (χ1n) is 6.34. The van der Waals surface area contributed by atoms with Crippen LogP contribution in [0.4, 0.5) is 0 Å². The van der Waals surface area contributed by atoms with Crippen molar-refractivity contribution in [2.24, 2.45) is 0 Å². The van der Waals surface area contributed by atoms with Crippen LogP contribution in [0.25, 0.3) is 0 Å². The Kier molecular flexibility index (Phi) is 4.51. The number of carbonyl (C=O) groups excluding carboxylic acids is 1. The van der Waals surface area contributed by atoms with Crippen molar-refractivity contribution in [3.05, 3.63) is 17.5 Å². The Morgan fingerprint density at radius 3 is 2.56 bits per heavy atom. The molecule has 1 amide bonds. The Bertz CT molecular complexity index is 418. The number of carbonyl (C=O) groups is 1. The number of rotatable bonds is 5. The zero-order chi connectivity index (χ0) is 13.9. The van der Waals surface area contributed by atoms with Gasteiger partial charge in [-0.3, -0.25) is 9.48 Å². The van der Waals surface area contributed by atoms with Gasteiger partial charge in [0.2, 0.25) is 0 Å². The summed E-state index contributed by atoms with van der Waals surface area (Å²) >= 11 is 0. The Hall–Kier alpha value is -1.36. The van der Waals surface area contributed by atoms with Crippen molar-refractivity contribution in [2.45, 2.75) is 46.8 Å². The minimum absolute atomic E-state index is 0.0814. The van der Waals surface area contributed by atoms with E-state index in [0.29, 0.717) is 25.3 Å². The number of aromatic nitrogens is 2. The third kappa shape index (κ3) is 3.57. The van der Waals surface area contributed by atoms with E-state index in [-0.39, 0.29) is 5.91 Å². The SMILES string of the molecule is CCN(CC(C)(C)O)C(=O)c1cc(C)nn1CC. The lowest BCUT2D eigenvalue weighted by atomic mass is 10.1. The summed E-state index contributed by atoms with van der Waals surface area (Å²) in [5.74, 6) is -0.0814. The van der Waals surface area contributed by atoms with Crippen molar-refractivity contribution >= 4 is 5.91 Å². The molecule has 1 aromatic rings. The highest BCUT2D eigenvalue weighted by molar-refractivity contribution is 5.92. The number of aryl methyl sites for hydroxylation is 2. The molecular weight excluding hydrogens is 230 g/mol. The maximum absolute atomic E-state index is 12.4. The zero-order valence-corrected chi connectivity index (χ0v) is 11.9. The number of likely N-dealkylation sites (N-methyl/N-ethyl adjacent to an activating group) is 1. The van der Waals surface area contributed by atoms with Gasteiger partial charge in [-0.1, -0.05) is 0 Å². The van der Waals surface area contributed by atoms with Crippen LogP contribution in [0.15, 0.2) is 6.07 Å². The van der Waals surface area contributed by atoms with Gasteiger partial charge in [0, 0.05) is 19.6 Å². The molecule has 0 spiro atoms. The summed E-state index contributed by atoms with van der Waals surface area (Å²) in [4.78, 5) is 14.0. The molecule has 1 aromatic heterocycles. The van der Waals surface area contributed by atoms with Crippen LogP contribution in [0.3, 0.4) is 0 Å². The summed E-state index contributed by atoms with van der Waals surface area (Å²) in [5.41, 5.74) is 0.526. The third-order valence-electron chi connectivity index (χ3n) is 2.67. The van der Waals surface area contributed by atoms with Crippen LogP contribution in [0.1, 0.15) is 43.9 Å². The summed E-state index contributed by atoms with van der Waals surface area (Å²) in [5, 5.41) is 14.1. The van der Waals surface area contributed by atoms with Crippen molar-refractivity contribution < 1.29 is 9.90 Å². The lowest BCUT2D eigenvalue weighted by molar-refractivity contribution is 0.0308. The van der Waals surface area contributed by atoms with Gasteiger partial charge in [-0.2, -0.15) is 5.10 Å². The van der Waals surface area contributed by atoms with E-state index in [4.69, 9.17) is 0 Å². The standard InChI is InChI=1S/C13H23N3O2/c1-6-15(9-13(4,5)18)12(17)11-8-10(3)14-16(11)7-2/h8,18H,6-7,9H2,1-5H3. The fraction of sp³-hybridized carbons (Fsp3) is 0.692. The van der Waals surface area contributed by atoms with Gasteiger partial charge in [-0.25, -0.2) is 0 Å². The molecule has 0 aliphatic carbocycles. The monoisotopic (exact) mass is 253 g/mol. The molecule has 1 heterocycles. The predicted octanol–water partition coefficient (Wildman–Crippen LogP) is 1.44. The summed E-state index contributed by atoms with van der Waals surface area (Å²) in [6, 6.07) is 1.79. The summed E-state index contributed by atoms with van der Waals surface area (Å²) in [7, 11) is 0. The predicted molar refractivity (Wildman–Crippen MR) is 70.5 cm³/mol. The van der Waals surface area contributed by atoms with Gasteiger partial charge in [-0.05, 0) is 40.7 Å². The summed E-state index contributed by atoms with van der Waals surface area (Å²) in [6.45, 7) is 10.7. The van der Waals surface area contributed by atoms with Crippen LogP contribution in [-0.2, 0) is 6.54 Å². The smallest absolute Gasteiger partial charge is 0.272 e. The lowest BCUT2D eigenvalue weighted by Gasteiger charge is -2.28. The van der Waals surface area contributed by atoms with Crippen LogP contribution in [0, 0.1) is 6.92 Å². The minimum Gasteiger partial charge on any atom is -0.389 e. The Morgan fingerprint density at radius 2 is 2.11 bits per heavy atom. The van der Waals surface area contributed by atoms with Crippen molar-refractivity contribution in [3.8, 4) is 0 Å². The first kappa shape index (κ1) is 14.7. The highest BCUT2D eigenvalue weighted by Gasteiger charge is 2.24. The molecule has 0 unspecified atom stereocenters. The molecule has 1 N–H and O–H groups in total. The largest absolute Gasteiger partial charge is 0.389 e. The van der Waals surface area contributed by atoms with E-state index < -0.39 is 5.60 Å². The van der Waals surface area contributed by atoms with Gasteiger partial charge < -0.3 is 10.0 Å². The van der Waals surface area contributed by atoms with Gasteiger partial charge in [-0.15, -0.1) is 0 Å². The Balaban J connectivity index is 2.96. The first-order valence-corrected chi connectivity index (χ1v) is 6.34. The molecule has 102 valence electrons. The van der Waals surface area contributed by atoms with Gasteiger partial charge in [0.25, 0.3) is 5.91 Å². The van der Waals surface area contributed by atoms with Crippen molar-refractivity contribution in [1.29, 1.82) is 0 Å². The highest BCUT2D eigenvalue weighted by Crippen LogP contribution is 2.11. The van der Waals surface area contributed by atoms with E-state index in [1.807, 2.05) is 20.8 Å². The minimum atomic E-state index is -0.891. The average Bonchev–Trinajstić information content (AvgIpc) is 2.65. The Morgan fingerprint density at radius 1 is 1.50 bits per heavy atom. The number of nitrogens with zero attached hydrogens (tertiary/aromatic N) is 3. The van der Waals surface area contributed by atoms with Crippen molar-refractivity contribution in [1.82, 2.24) is 14.7 Å². The zero-order valence-electron chi connectivity index (χ0n) is 11.9. The first-order chi connectivity index (χ1) is 8.28. The Labute approximate surface area is 108 Å². The van der Waals surface area contributed by atoms with Crippen LogP contribution in [0.5, 0.6) is 0 Å². The van der Waals surface area contributed by atoms with E-state index in [9.17, 15) is 9.90 Å². The van der Waals surface area contributed by atoms with Gasteiger partial charge in [0.1, 0.15) is 5.69 Å². The molecule has 0 atom stereocenters. The second kappa shape index (κ2) is 5.52. The molecule has 0 bridgehead atoms. The van der Waals surface area contributed by atoms with E-state index in [2.05, 4.69) is 5.10 Å². The molecule has 0 fully saturated rings. The van der Waals surface area contributed by atoms with Crippen LogP contribution in [0.2, 0.25) is 0 Å². The van der Waals surface area contributed by atoms with Gasteiger partial charge >= 0.3 is 0 Å². The molecule has 0 radical (unpaired) electrons. The fourth-order valence-electron chi connectivity index (χ4n) is 1.91. The molecular formula is C13H23N3O2. The third-order valence-corrected chi connectivity index (χ3v) is 2.67. The topological polar surface area (TPSA) is 58.4 Å². The number of hydrogen-bond donors (Lipinski definition) is 1. The fourth-order valence-corrected chi connectivity index (χ4v) is 1.91. The molecule has 5 heteroatoms. The summed E-state index contributed by atoms with van der Waals surface area (Å²) < 4.78 is 1.70. The summed E-state index contributed by atoms with van der Waals surface area (Å²) in [6.07, 6.45) is 0. The van der Waals surface area contributed by atoms with E-state index in [1.165, 1.54) is 0 Å². The normalized spacial score (nSPS) is 11.7. The number of hydrogen-bond acceptors (Lipinski definition) is 3. The molecule has 0 aliphatic rings. The van der Waals surface area contributed by atoms with Crippen molar-refractivity contribution in [2.75, 3.05) is 13.1 Å². The second-order valence-corrected chi connectivity index (χ2v) is 5.12. The van der Waals surface area contributed by atoms with Gasteiger partial charge in [0.05, 0.1) is 11.3 Å². The van der Waals surface area contributed by atoms with Crippen LogP contribution in [-0.4, -0.2) is 44.4 Å². The molecule has 1 rings (SSSR count). The van der Waals surface area contributed by atoms with Crippen molar-refractivity contribution in [3.63, 3.8) is 0 Å². The molecule has 0 saturated heterocycles. The molecule has 0 aliphatic heterocycles. The quantitative estimate of drug-likeness (QED) is 0.864. The van der Waals surface area contributed by atoms with Crippen LogP contribution >= 0.6 is 0 Å². The maximum atomic E-state index is 12.4. The lowest BCUT2D eigenvalue weighted by Crippen LogP contribution is -2.42. The highest BCUT2D eigenvalue weighted by atomic mass is 16.3. The average molecular weight is 253 g/mol. The van der Waals surface area contributed by atoms with E-state index in [0.717, 1.165) is 5.69 Å². The van der Waals surface area contributed by atoms with E-state index in [1.54, 1.807) is 29.5 Å². The number of amides is 1. The molecule has 5 nitrogen and oxygen atoms in total. The molecule has 0 saturated carbocycles.